The van der Waals surface area contributed by atoms with Gasteiger partial charge in [0.2, 0.25) is 0 Å². The molecule has 0 aliphatic heterocycles. The summed E-state index contributed by atoms with van der Waals surface area (Å²) in [6, 6.07) is 0. The van der Waals surface area contributed by atoms with Gasteiger partial charge in [-0.2, -0.15) is 0 Å². The highest BCUT2D eigenvalue weighted by Crippen LogP contribution is 2.31. The molecule has 1 aliphatic carbocycles. The van der Waals surface area contributed by atoms with E-state index in [1.54, 1.807) is 0 Å². The molecule has 0 aromatic rings. The van der Waals surface area contributed by atoms with Crippen molar-refractivity contribution in [2.24, 2.45) is 17.3 Å². The van der Waals surface area contributed by atoms with Crippen molar-refractivity contribution < 1.29 is 0 Å². The molecule has 0 heteroatoms. The van der Waals surface area contributed by atoms with E-state index in [1.807, 2.05) is 0 Å². The van der Waals surface area contributed by atoms with E-state index in [9.17, 15) is 0 Å². The predicted octanol–water partition coefficient (Wildman–Crippen LogP) is 6.30. The molecule has 0 amide bonds. The second kappa shape index (κ2) is 10.2. The molecule has 16 heavy (non-hydrogen) atoms. The standard InChI is InChI=1S/C6H14.C5H10.C5H12/c1-5-6(2,3)4;1-2-5-3-4-5;1-4-5(2)3/h5H2,1-4H3;5H,2-4H2,1H3;5H,4H2,1-3H3. The fourth-order valence-electron chi connectivity index (χ4n) is 0.526. The smallest absolute Gasteiger partial charge is 0.0385 e. The lowest BCUT2D eigenvalue weighted by Gasteiger charge is -2.12. The molecule has 1 rings (SSSR count). The molecule has 0 aromatic heterocycles. The van der Waals surface area contributed by atoms with Gasteiger partial charge in [0, 0.05) is 0 Å². The summed E-state index contributed by atoms with van der Waals surface area (Å²) in [4.78, 5) is 0. The first kappa shape index (κ1) is 18.4. The fourth-order valence-corrected chi connectivity index (χ4v) is 0.526. The van der Waals surface area contributed by atoms with Gasteiger partial charge in [-0.15, -0.1) is 0 Å². The average molecular weight is 228 g/mol. The maximum absolute atomic E-state index is 2.26. The lowest BCUT2D eigenvalue weighted by Crippen LogP contribution is -2.00. The van der Waals surface area contributed by atoms with Crippen molar-refractivity contribution in [2.75, 3.05) is 0 Å². The third-order valence-corrected chi connectivity index (χ3v) is 3.15. The van der Waals surface area contributed by atoms with Crippen molar-refractivity contribution in [3.05, 3.63) is 0 Å². The molecule has 0 nitrogen and oxygen atoms in total. The summed E-state index contributed by atoms with van der Waals surface area (Å²) in [5.74, 6) is 2.02. The zero-order valence-corrected chi connectivity index (χ0v) is 13.2. The van der Waals surface area contributed by atoms with Gasteiger partial charge >= 0.3 is 0 Å². The quantitative estimate of drug-likeness (QED) is 0.520. The van der Waals surface area contributed by atoms with Crippen LogP contribution in [-0.2, 0) is 0 Å². The van der Waals surface area contributed by atoms with Crippen LogP contribution in [0.5, 0.6) is 0 Å². The van der Waals surface area contributed by atoms with Gasteiger partial charge in [-0.05, 0) is 17.3 Å². The molecule has 0 radical (unpaired) electrons. The van der Waals surface area contributed by atoms with Gasteiger partial charge in [0.25, 0.3) is 0 Å². The van der Waals surface area contributed by atoms with Crippen molar-refractivity contribution in [1.29, 1.82) is 0 Å². The van der Waals surface area contributed by atoms with Crippen molar-refractivity contribution in [1.82, 2.24) is 0 Å². The van der Waals surface area contributed by atoms with E-state index >= 15 is 0 Å². The van der Waals surface area contributed by atoms with E-state index in [4.69, 9.17) is 0 Å². The molecule has 100 valence electrons. The van der Waals surface area contributed by atoms with Crippen LogP contribution in [0.15, 0.2) is 0 Å². The van der Waals surface area contributed by atoms with Crippen LogP contribution in [0.25, 0.3) is 0 Å². The predicted molar refractivity (Wildman–Crippen MR) is 77.9 cm³/mol. The van der Waals surface area contributed by atoms with Crippen LogP contribution in [0.1, 0.15) is 87.5 Å². The first-order chi connectivity index (χ1) is 7.26. The normalized spacial score (nSPS) is 14.8. The molecule has 0 spiro atoms. The minimum atomic E-state index is 0.542. The lowest BCUT2D eigenvalue weighted by atomic mass is 9.94. The summed E-state index contributed by atoms with van der Waals surface area (Å²) in [7, 11) is 0. The molecule has 0 heterocycles. The Morgan fingerprint density at radius 2 is 1.31 bits per heavy atom. The van der Waals surface area contributed by atoms with Gasteiger partial charge in [-0.25, -0.2) is 0 Å². The Hall–Kier alpha value is 0. The molecule has 0 atom stereocenters. The largest absolute Gasteiger partial charge is 0.0651 e. The Morgan fingerprint density at radius 1 is 1.00 bits per heavy atom. The molecule has 0 saturated heterocycles. The number of hydrogen-bond donors (Lipinski definition) is 0. The Labute approximate surface area is 105 Å². The molecule has 1 saturated carbocycles. The fraction of sp³-hybridized carbons (Fsp3) is 1.00. The molecular weight excluding hydrogens is 192 g/mol. The second-order valence-corrected chi connectivity index (χ2v) is 6.57. The van der Waals surface area contributed by atoms with Gasteiger partial charge in [-0.3, -0.25) is 0 Å². The van der Waals surface area contributed by atoms with Gasteiger partial charge in [0.05, 0.1) is 0 Å². The number of hydrogen-bond acceptors (Lipinski definition) is 0. The Balaban J connectivity index is 0. The van der Waals surface area contributed by atoms with Crippen LogP contribution in [0.3, 0.4) is 0 Å². The van der Waals surface area contributed by atoms with Crippen molar-refractivity contribution in [3.8, 4) is 0 Å². The van der Waals surface area contributed by atoms with Crippen LogP contribution in [-0.4, -0.2) is 0 Å². The van der Waals surface area contributed by atoms with Crippen LogP contribution in [0, 0.1) is 17.3 Å². The van der Waals surface area contributed by atoms with Crippen LogP contribution >= 0.6 is 0 Å². The second-order valence-electron chi connectivity index (χ2n) is 6.57. The van der Waals surface area contributed by atoms with Crippen molar-refractivity contribution >= 4 is 0 Å². The maximum Gasteiger partial charge on any atom is -0.0385 e. The summed E-state index contributed by atoms with van der Waals surface area (Å²) < 4.78 is 0. The minimum Gasteiger partial charge on any atom is -0.0651 e. The minimum absolute atomic E-state index is 0.542. The molecule has 0 aromatic carbocycles. The van der Waals surface area contributed by atoms with Gasteiger partial charge < -0.3 is 0 Å². The van der Waals surface area contributed by atoms with E-state index < -0.39 is 0 Å². The summed E-state index contributed by atoms with van der Waals surface area (Å²) in [6.45, 7) is 17.8. The lowest BCUT2D eigenvalue weighted by molar-refractivity contribution is 0.398. The summed E-state index contributed by atoms with van der Waals surface area (Å²) in [6.07, 6.45) is 7.01. The Morgan fingerprint density at radius 3 is 1.31 bits per heavy atom. The van der Waals surface area contributed by atoms with E-state index in [0.717, 1.165) is 11.8 Å². The summed E-state index contributed by atoms with van der Waals surface area (Å²) in [5, 5.41) is 0. The molecule has 0 N–H and O–H groups in total. The Bertz CT molecular complexity index is 121. The van der Waals surface area contributed by atoms with Gasteiger partial charge in [0.1, 0.15) is 0 Å². The van der Waals surface area contributed by atoms with Gasteiger partial charge in [0.15, 0.2) is 0 Å². The highest BCUT2D eigenvalue weighted by Gasteiger charge is 2.17. The molecule has 1 aliphatic rings. The van der Waals surface area contributed by atoms with Crippen LogP contribution in [0.4, 0.5) is 0 Å². The average Bonchev–Trinajstić information content (AvgIpc) is 3.01. The van der Waals surface area contributed by atoms with Crippen molar-refractivity contribution in [2.45, 2.75) is 87.5 Å². The molecule has 1 fully saturated rings. The molecule has 0 unspecified atom stereocenters. The maximum atomic E-state index is 2.26. The van der Waals surface area contributed by atoms with Crippen LogP contribution < -0.4 is 0 Å². The zero-order valence-electron chi connectivity index (χ0n) is 13.2. The van der Waals surface area contributed by atoms with E-state index in [1.165, 1.54) is 32.1 Å². The summed E-state index contributed by atoms with van der Waals surface area (Å²) in [5.41, 5.74) is 0.542. The third-order valence-electron chi connectivity index (χ3n) is 3.15. The van der Waals surface area contributed by atoms with E-state index in [0.29, 0.717) is 5.41 Å². The third kappa shape index (κ3) is 23.7. The first-order valence-electron chi connectivity index (χ1n) is 7.26. The first-order valence-corrected chi connectivity index (χ1v) is 7.26. The summed E-state index contributed by atoms with van der Waals surface area (Å²) >= 11 is 0. The van der Waals surface area contributed by atoms with E-state index in [2.05, 4.69) is 55.4 Å². The highest BCUT2D eigenvalue weighted by atomic mass is 14.2. The Kier molecular flexibility index (Phi) is 11.7. The molecule has 0 bridgehead atoms. The van der Waals surface area contributed by atoms with E-state index in [-0.39, 0.29) is 0 Å². The number of rotatable bonds is 2. The van der Waals surface area contributed by atoms with Crippen molar-refractivity contribution in [3.63, 3.8) is 0 Å². The van der Waals surface area contributed by atoms with Crippen LogP contribution in [0.2, 0.25) is 0 Å². The highest BCUT2D eigenvalue weighted by molar-refractivity contribution is 4.69. The zero-order chi connectivity index (χ0) is 13.2. The monoisotopic (exact) mass is 228 g/mol. The SMILES string of the molecule is CCC(C)(C)C.CCC(C)C.CCC1CC1. The molecular formula is C16H36. The topological polar surface area (TPSA) is 0 Å². The van der Waals surface area contributed by atoms with Gasteiger partial charge in [-0.1, -0.05) is 87.5 Å².